The fourth-order valence-electron chi connectivity index (χ4n) is 4.84. The van der Waals surface area contributed by atoms with Crippen LogP contribution in [-0.2, 0) is 10.0 Å². The lowest BCUT2D eigenvalue weighted by molar-refractivity contribution is -0.387. The Labute approximate surface area is 158 Å². The Hall–Kier alpha value is -1.87. The maximum absolute atomic E-state index is 13.0. The van der Waals surface area contributed by atoms with Crippen LogP contribution in [0.2, 0.25) is 0 Å². The van der Waals surface area contributed by atoms with Gasteiger partial charge in [-0.25, -0.2) is 13.1 Å². The number of rotatable bonds is 5. The van der Waals surface area contributed by atoms with Gasteiger partial charge in [-0.05, 0) is 43.9 Å². The number of nitrogens with zero attached hydrogens (tertiary/aromatic N) is 1. The summed E-state index contributed by atoms with van der Waals surface area (Å²) < 4.78 is 39.7. The molecule has 0 spiro atoms. The molecule has 1 aliphatic heterocycles. The summed E-state index contributed by atoms with van der Waals surface area (Å²) in [6.45, 7) is 2.60. The van der Waals surface area contributed by atoms with Crippen LogP contribution in [0.25, 0.3) is 0 Å². The van der Waals surface area contributed by atoms with E-state index >= 15 is 0 Å². The number of benzene rings is 1. The number of nitro benzene ring substituents is 1. The van der Waals surface area contributed by atoms with Crippen LogP contribution in [0.1, 0.15) is 39.0 Å². The first-order valence-corrected chi connectivity index (χ1v) is 10.9. The Morgan fingerprint density at radius 1 is 1.19 bits per heavy atom. The van der Waals surface area contributed by atoms with Gasteiger partial charge in [0, 0.05) is 18.5 Å². The molecule has 2 bridgehead atoms. The summed E-state index contributed by atoms with van der Waals surface area (Å²) in [6.07, 6.45) is 5.20. The molecule has 27 heavy (non-hydrogen) atoms. The third kappa shape index (κ3) is 3.50. The molecule has 0 aromatic heterocycles. The van der Waals surface area contributed by atoms with Gasteiger partial charge in [0.15, 0.2) is 16.4 Å². The van der Waals surface area contributed by atoms with Crippen LogP contribution in [0.15, 0.2) is 17.0 Å². The molecule has 148 valence electrons. The predicted molar refractivity (Wildman–Crippen MR) is 97.4 cm³/mol. The highest BCUT2D eigenvalue weighted by Crippen LogP contribution is 2.49. The van der Waals surface area contributed by atoms with Crippen molar-refractivity contribution in [2.45, 2.75) is 50.0 Å². The highest BCUT2D eigenvalue weighted by molar-refractivity contribution is 7.89. The smallest absolute Gasteiger partial charge is 0.293 e. The fraction of sp³-hybridized carbons (Fsp3) is 0.667. The molecule has 0 saturated heterocycles. The Morgan fingerprint density at radius 3 is 2.48 bits per heavy atom. The van der Waals surface area contributed by atoms with Crippen LogP contribution in [0, 0.1) is 27.9 Å². The molecule has 9 heteroatoms. The second-order valence-corrected chi connectivity index (χ2v) is 9.51. The van der Waals surface area contributed by atoms with Gasteiger partial charge < -0.3 is 9.47 Å². The quantitative estimate of drug-likeness (QED) is 0.606. The van der Waals surface area contributed by atoms with Gasteiger partial charge in [-0.2, -0.15) is 0 Å². The minimum atomic E-state index is -4.06. The predicted octanol–water partition coefficient (Wildman–Crippen LogP) is 2.86. The first-order valence-electron chi connectivity index (χ1n) is 9.45. The first-order chi connectivity index (χ1) is 12.8. The summed E-state index contributed by atoms with van der Waals surface area (Å²) in [6, 6.07) is 2.10. The molecule has 0 unspecified atom stereocenters. The van der Waals surface area contributed by atoms with Crippen LogP contribution < -0.4 is 14.2 Å². The molecule has 1 N–H and O–H groups in total. The van der Waals surface area contributed by atoms with E-state index in [4.69, 9.17) is 9.47 Å². The third-order valence-electron chi connectivity index (χ3n) is 6.09. The lowest BCUT2D eigenvalue weighted by Gasteiger charge is -2.28. The number of hydrogen-bond donors (Lipinski definition) is 1. The molecule has 3 aliphatic rings. The topological polar surface area (TPSA) is 108 Å². The van der Waals surface area contributed by atoms with Gasteiger partial charge in [-0.3, -0.25) is 10.1 Å². The van der Waals surface area contributed by atoms with Crippen LogP contribution in [0.5, 0.6) is 11.5 Å². The molecule has 0 radical (unpaired) electrons. The number of fused-ring (bicyclic) bond motifs is 3. The van der Waals surface area contributed by atoms with E-state index in [0.717, 1.165) is 18.9 Å². The Kier molecular flexibility index (Phi) is 4.75. The molecule has 2 saturated carbocycles. The summed E-state index contributed by atoms with van der Waals surface area (Å²) in [5.41, 5.74) is -0.494. The van der Waals surface area contributed by atoms with Crippen LogP contribution >= 0.6 is 0 Å². The Morgan fingerprint density at radius 2 is 1.89 bits per heavy atom. The number of hydrogen-bond acceptors (Lipinski definition) is 6. The van der Waals surface area contributed by atoms with E-state index in [9.17, 15) is 18.5 Å². The minimum Gasteiger partial charge on any atom is -0.490 e. The normalized spacial score (nSPS) is 28.0. The van der Waals surface area contributed by atoms with Gasteiger partial charge in [-0.1, -0.05) is 6.42 Å². The largest absolute Gasteiger partial charge is 0.490 e. The lowest BCUT2D eigenvalue weighted by atomic mass is 9.84. The summed E-state index contributed by atoms with van der Waals surface area (Å²) in [7, 11) is -4.06. The van der Waals surface area contributed by atoms with Crippen molar-refractivity contribution in [1.82, 2.24) is 4.72 Å². The van der Waals surface area contributed by atoms with Crippen molar-refractivity contribution >= 4 is 15.7 Å². The van der Waals surface area contributed by atoms with Crippen molar-refractivity contribution in [1.29, 1.82) is 0 Å². The van der Waals surface area contributed by atoms with Crippen LogP contribution in [0.3, 0.4) is 0 Å². The zero-order valence-electron chi connectivity index (χ0n) is 15.2. The van der Waals surface area contributed by atoms with Crippen molar-refractivity contribution in [3.63, 3.8) is 0 Å². The van der Waals surface area contributed by atoms with Crippen molar-refractivity contribution in [3.8, 4) is 11.5 Å². The SMILES string of the molecule is C[C@@H](NS(=O)(=O)c1cc2c(cc1[N+](=O)[O-])OCCCO2)[C@H]1C[C@H]2CC[C@H]1C2. The van der Waals surface area contributed by atoms with Gasteiger partial charge >= 0.3 is 0 Å². The first kappa shape index (κ1) is 18.5. The van der Waals surface area contributed by atoms with Crippen molar-refractivity contribution in [2.24, 2.45) is 17.8 Å². The second kappa shape index (κ2) is 6.94. The van der Waals surface area contributed by atoms with Gasteiger partial charge in [0.2, 0.25) is 10.0 Å². The van der Waals surface area contributed by atoms with E-state index in [0.29, 0.717) is 31.5 Å². The average molecular weight is 396 g/mol. The van der Waals surface area contributed by atoms with E-state index in [1.807, 2.05) is 6.92 Å². The summed E-state index contributed by atoms with van der Waals surface area (Å²) in [5, 5.41) is 11.5. The summed E-state index contributed by atoms with van der Waals surface area (Å²) >= 11 is 0. The number of sulfonamides is 1. The number of ether oxygens (including phenoxy) is 2. The summed E-state index contributed by atoms with van der Waals surface area (Å²) in [4.78, 5) is 10.4. The standard InChI is InChI=1S/C18H24N2O6S/c1-11(14-8-12-3-4-13(14)7-12)19-27(23,24)18-10-17-16(9-15(18)20(21)22)25-5-2-6-26-17/h9-14,19H,2-8H2,1H3/t11-,12+,13+,14-/m1/s1. The fourth-order valence-corrected chi connectivity index (χ4v) is 6.30. The van der Waals surface area contributed by atoms with Gasteiger partial charge in [0.05, 0.1) is 24.2 Å². The van der Waals surface area contributed by atoms with E-state index in [2.05, 4.69) is 4.72 Å². The van der Waals surface area contributed by atoms with E-state index < -0.39 is 20.6 Å². The maximum atomic E-state index is 13.0. The van der Waals surface area contributed by atoms with E-state index in [-0.39, 0.29) is 28.4 Å². The molecule has 1 heterocycles. The third-order valence-corrected chi connectivity index (χ3v) is 7.68. The molecule has 1 aromatic carbocycles. The molecule has 0 amide bonds. The monoisotopic (exact) mass is 396 g/mol. The van der Waals surface area contributed by atoms with Crippen LogP contribution in [0.4, 0.5) is 5.69 Å². The number of nitrogens with one attached hydrogen (secondary N) is 1. The van der Waals surface area contributed by atoms with Crippen molar-refractivity contribution < 1.29 is 22.8 Å². The summed E-state index contributed by atoms with van der Waals surface area (Å²) in [5.74, 6) is 1.97. The maximum Gasteiger partial charge on any atom is 0.293 e. The van der Waals surface area contributed by atoms with Gasteiger partial charge in [0.25, 0.3) is 5.69 Å². The second-order valence-electron chi connectivity index (χ2n) is 7.82. The van der Waals surface area contributed by atoms with Crippen molar-refractivity contribution in [2.75, 3.05) is 13.2 Å². The average Bonchev–Trinajstić information content (AvgIpc) is 3.17. The molecule has 4 rings (SSSR count). The molecule has 2 fully saturated rings. The highest BCUT2D eigenvalue weighted by Gasteiger charge is 2.43. The highest BCUT2D eigenvalue weighted by atomic mass is 32.2. The van der Waals surface area contributed by atoms with Gasteiger partial charge in [0.1, 0.15) is 0 Å². The van der Waals surface area contributed by atoms with E-state index in [1.54, 1.807) is 0 Å². The number of nitro groups is 1. The van der Waals surface area contributed by atoms with Crippen molar-refractivity contribution in [3.05, 3.63) is 22.2 Å². The molecule has 1 aromatic rings. The van der Waals surface area contributed by atoms with Crippen LogP contribution in [-0.4, -0.2) is 32.6 Å². The molecule has 4 atom stereocenters. The molecular weight excluding hydrogens is 372 g/mol. The molecule has 8 nitrogen and oxygen atoms in total. The molecule has 2 aliphatic carbocycles. The Balaban J connectivity index is 1.64. The zero-order valence-corrected chi connectivity index (χ0v) is 16.0. The van der Waals surface area contributed by atoms with Gasteiger partial charge in [-0.15, -0.1) is 0 Å². The Bertz CT molecular complexity index is 856. The van der Waals surface area contributed by atoms with E-state index in [1.165, 1.54) is 18.9 Å². The minimum absolute atomic E-state index is 0.208. The molecular formula is C18H24N2O6S. The lowest BCUT2D eigenvalue weighted by Crippen LogP contribution is -2.40. The zero-order chi connectivity index (χ0) is 19.2.